The van der Waals surface area contributed by atoms with Gasteiger partial charge in [-0.15, -0.1) is 0 Å². The molecule has 1 fully saturated rings. The highest BCUT2D eigenvalue weighted by atomic mass is 35.5. The highest BCUT2D eigenvalue weighted by Gasteiger charge is 2.31. The number of hydrogen-bond acceptors (Lipinski definition) is 3. The molecule has 0 bridgehead atoms. The van der Waals surface area contributed by atoms with Crippen LogP contribution < -0.4 is 0 Å². The van der Waals surface area contributed by atoms with Gasteiger partial charge in [0.05, 0.1) is 0 Å². The number of piperazine rings is 1. The molecule has 1 saturated heterocycles. The topological polar surface area (TPSA) is 59.6 Å². The van der Waals surface area contributed by atoms with Crippen molar-refractivity contribution in [3.05, 3.63) is 77.0 Å². The summed E-state index contributed by atoms with van der Waals surface area (Å²) in [5.41, 5.74) is 2.85. The summed E-state index contributed by atoms with van der Waals surface area (Å²) in [7, 11) is 0. The third kappa shape index (κ3) is 4.53. The predicted octanol–water partition coefficient (Wildman–Crippen LogP) is 4.28. The number of H-pyrrole nitrogens is 1. The number of aromatic nitrogens is 1. The Kier molecular flexibility index (Phi) is 6.00. The van der Waals surface area contributed by atoms with Gasteiger partial charge < -0.3 is 10.1 Å². The zero-order valence-electron chi connectivity index (χ0n) is 16.1. The minimum absolute atomic E-state index is 0.634. The van der Waals surface area contributed by atoms with E-state index in [0.717, 1.165) is 49.2 Å². The van der Waals surface area contributed by atoms with E-state index < -0.39 is 12.0 Å². The van der Waals surface area contributed by atoms with Crippen molar-refractivity contribution in [3.63, 3.8) is 0 Å². The van der Waals surface area contributed by atoms with Gasteiger partial charge in [0.1, 0.15) is 6.04 Å². The number of rotatable bonds is 6. The van der Waals surface area contributed by atoms with Crippen molar-refractivity contribution in [3.8, 4) is 0 Å². The van der Waals surface area contributed by atoms with Crippen molar-refractivity contribution in [2.45, 2.75) is 6.04 Å². The van der Waals surface area contributed by atoms with E-state index in [4.69, 9.17) is 11.6 Å². The predicted molar refractivity (Wildman–Crippen MR) is 117 cm³/mol. The summed E-state index contributed by atoms with van der Waals surface area (Å²) >= 11 is 6.06. The van der Waals surface area contributed by atoms with Crippen molar-refractivity contribution >= 4 is 34.5 Å². The average Bonchev–Trinajstić information content (AvgIpc) is 3.12. The minimum Gasteiger partial charge on any atom is -0.480 e. The van der Waals surface area contributed by atoms with Crippen LogP contribution in [0.5, 0.6) is 0 Å². The Morgan fingerprint density at radius 3 is 2.62 bits per heavy atom. The normalized spacial score (nSPS) is 17.1. The van der Waals surface area contributed by atoms with Gasteiger partial charge in [-0.2, -0.15) is 0 Å². The number of carboxylic acid groups (broad SMARTS) is 1. The molecule has 2 aromatic carbocycles. The molecule has 29 heavy (non-hydrogen) atoms. The van der Waals surface area contributed by atoms with E-state index >= 15 is 0 Å². The van der Waals surface area contributed by atoms with Crippen molar-refractivity contribution in [1.82, 2.24) is 14.8 Å². The van der Waals surface area contributed by atoms with Gasteiger partial charge in [-0.25, -0.2) is 0 Å². The van der Waals surface area contributed by atoms with Gasteiger partial charge in [0.2, 0.25) is 0 Å². The fourth-order valence-corrected chi connectivity index (χ4v) is 4.11. The molecule has 150 valence electrons. The number of nitrogens with zero attached hydrogens (tertiary/aromatic N) is 2. The smallest absolute Gasteiger partial charge is 0.325 e. The molecule has 0 saturated carbocycles. The Morgan fingerprint density at radius 2 is 1.90 bits per heavy atom. The molecule has 0 unspecified atom stereocenters. The summed E-state index contributed by atoms with van der Waals surface area (Å²) in [6.07, 6.45) is 6.10. The maximum atomic E-state index is 12.1. The van der Waals surface area contributed by atoms with E-state index in [-0.39, 0.29) is 0 Å². The van der Waals surface area contributed by atoms with Gasteiger partial charge in [0.15, 0.2) is 0 Å². The summed E-state index contributed by atoms with van der Waals surface area (Å²) in [6.45, 7) is 3.99. The van der Waals surface area contributed by atoms with Crippen LogP contribution >= 0.6 is 11.6 Å². The Morgan fingerprint density at radius 1 is 1.14 bits per heavy atom. The van der Waals surface area contributed by atoms with E-state index in [1.165, 1.54) is 5.56 Å². The maximum absolute atomic E-state index is 12.1. The number of benzene rings is 2. The Balaban J connectivity index is 1.41. The maximum Gasteiger partial charge on any atom is 0.325 e. The summed E-state index contributed by atoms with van der Waals surface area (Å²) in [5, 5.41) is 11.5. The zero-order valence-corrected chi connectivity index (χ0v) is 16.8. The quantitative estimate of drug-likeness (QED) is 0.638. The molecule has 2 heterocycles. The van der Waals surface area contributed by atoms with Crippen LogP contribution in [-0.4, -0.2) is 58.6 Å². The van der Waals surface area contributed by atoms with Crippen molar-refractivity contribution in [2.24, 2.45) is 0 Å². The standard InChI is InChI=1S/C23H24ClN3O2/c24-18-8-9-19-20(16-25-21(19)15-18)22(23(28)29)27-13-11-26(12-14-27)10-4-7-17-5-2-1-3-6-17/h1-9,15-16,22,25H,10-14H2,(H,28,29)/b7-4+/t22-/m0/s1. The second-order valence-corrected chi connectivity index (χ2v) is 7.76. The summed E-state index contributed by atoms with van der Waals surface area (Å²) in [4.78, 5) is 19.7. The molecule has 2 N–H and O–H groups in total. The van der Waals surface area contributed by atoms with E-state index in [1.54, 1.807) is 12.3 Å². The minimum atomic E-state index is -0.821. The van der Waals surface area contributed by atoms with Gasteiger partial charge in [0, 0.05) is 60.4 Å². The molecule has 6 heteroatoms. The van der Waals surface area contributed by atoms with Gasteiger partial charge in [-0.1, -0.05) is 60.2 Å². The third-order valence-electron chi connectivity index (χ3n) is 5.45. The van der Waals surface area contributed by atoms with E-state index in [2.05, 4.69) is 39.1 Å². The molecule has 0 aliphatic carbocycles. The average molecular weight is 410 g/mol. The first-order valence-electron chi connectivity index (χ1n) is 9.79. The van der Waals surface area contributed by atoms with Crippen molar-refractivity contribution < 1.29 is 9.90 Å². The second-order valence-electron chi connectivity index (χ2n) is 7.32. The Labute approximate surface area is 175 Å². The van der Waals surface area contributed by atoms with E-state index in [0.29, 0.717) is 5.02 Å². The number of aromatic amines is 1. The van der Waals surface area contributed by atoms with Crippen LogP contribution in [0.25, 0.3) is 17.0 Å². The van der Waals surface area contributed by atoms with Gasteiger partial charge in [0.25, 0.3) is 0 Å². The molecule has 5 nitrogen and oxygen atoms in total. The highest BCUT2D eigenvalue weighted by Crippen LogP contribution is 2.30. The molecule has 0 amide bonds. The van der Waals surface area contributed by atoms with Crippen LogP contribution in [0.4, 0.5) is 0 Å². The lowest BCUT2D eigenvalue weighted by atomic mass is 10.0. The Hall–Kier alpha value is -2.60. The first-order valence-corrected chi connectivity index (χ1v) is 10.2. The largest absolute Gasteiger partial charge is 0.480 e. The van der Waals surface area contributed by atoms with Gasteiger partial charge in [-0.3, -0.25) is 14.6 Å². The molecule has 0 spiro atoms. The first kappa shape index (κ1) is 19.7. The Bertz CT molecular complexity index is 1010. The third-order valence-corrected chi connectivity index (χ3v) is 5.68. The van der Waals surface area contributed by atoms with Gasteiger partial charge in [-0.05, 0) is 17.7 Å². The lowest BCUT2D eigenvalue weighted by Gasteiger charge is -2.37. The summed E-state index contributed by atoms with van der Waals surface area (Å²) in [6, 6.07) is 15.1. The number of carbonyl (C=O) groups is 1. The van der Waals surface area contributed by atoms with Gasteiger partial charge >= 0.3 is 5.97 Å². The zero-order chi connectivity index (χ0) is 20.2. The number of carboxylic acids is 1. The molecule has 1 aromatic heterocycles. The van der Waals surface area contributed by atoms with E-state index in [1.807, 2.05) is 30.3 Å². The molecule has 0 radical (unpaired) electrons. The van der Waals surface area contributed by atoms with E-state index in [9.17, 15) is 9.90 Å². The number of halogens is 1. The number of aliphatic carboxylic acids is 1. The molecular formula is C23H24ClN3O2. The number of fused-ring (bicyclic) bond motifs is 1. The van der Waals surface area contributed by atoms with Crippen LogP contribution in [-0.2, 0) is 4.79 Å². The monoisotopic (exact) mass is 409 g/mol. The second kappa shape index (κ2) is 8.82. The number of nitrogens with one attached hydrogen (secondary N) is 1. The lowest BCUT2D eigenvalue weighted by molar-refractivity contribution is -0.144. The highest BCUT2D eigenvalue weighted by molar-refractivity contribution is 6.31. The first-order chi connectivity index (χ1) is 14.1. The molecular weight excluding hydrogens is 386 g/mol. The van der Waals surface area contributed by atoms with Crippen LogP contribution in [0.1, 0.15) is 17.2 Å². The van der Waals surface area contributed by atoms with Crippen LogP contribution in [0.3, 0.4) is 0 Å². The van der Waals surface area contributed by atoms with Crippen LogP contribution in [0.2, 0.25) is 5.02 Å². The van der Waals surface area contributed by atoms with Crippen molar-refractivity contribution in [1.29, 1.82) is 0 Å². The molecule has 1 aliphatic heterocycles. The molecule has 1 atom stereocenters. The van der Waals surface area contributed by atoms with Crippen LogP contribution in [0.15, 0.2) is 60.8 Å². The molecule has 1 aliphatic rings. The summed E-state index contributed by atoms with van der Waals surface area (Å²) < 4.78 is 0. The summed E-state index contributed by atoms with van der Waals surface area (Å²) in [5.74, 6) is -0.821. The lowest BCUT2D eigenvalue weighted by Crippen LogP contribution is -2.49. The van der Waals surface area contributed by atoms with Crippen molar-refractivity contribution in [2.75, 3.05) is 32.7 Å². The molecule has 3 aromatic rings. The molecule has 4 rings (SSSR count). The number of hydrogen-bond donors (Lipinski definition) is 2. The fraction of sp³-hybridized carbons (Fsp3) is 0.261. The SMILES string of the molecule is O=C(O)[C@H](c1c[nH]c2cc(Cl)ccc12)N1CCN(C/C=C/c2ccccc2)CC1. The fourth-order valence-electron chi connectivity index (χ4n) is 3.94. The van der Waals surface area contributed by atoms with Crippen LogP contribution in [0, 0.1) is 0 Å².